The molecule has 5 heterocycles. The summed E-state index contributed by atoms with van der Waals surface area (Å²) in [6.45, 7) is 9.22. The zero-order chi connectivity index (χ0) is 23.9. The lowest BCUT2D eigenvalue weighted by molar-refractivity contribution is 0.0761. The van der Waals surface area contributed by atoms with E-state index in [1.54, 1.807) is 0 Å². The summed E-state index contributed by atoms with van der Waals surface area (Å²) in [4.78, 5) is 27.6. The van der Waals surface area contributed by atoms with Crippen LogP contribution < -0.4 is 5.32 Å². The van der Waals surface area contributed by atoms with E-state index in [0.29, 0.717) is 13.2 Å². The van der Waals surface area contributed by atoms with Crippen LogP contribution >= 0.6 is 0 Å². The minimum Gasteiger partial charge on any atom is -0.378 e. The summed E-state index contributed by atoms with van der Waals surface area (Å²) in [5.74, 6) is 0. The van der Waals surface area contributed by atoms with Gasteiger partial charge in [0.1, 0.15) is 5.65 Å². The van der Waals surface area contributed by atoms with Gasteiger partial charge in [-0.2, -0.15) is 0 Å². The molecule has 6 rings (SSSR count). The molecule has 2 N–H and O–H groups in total. The second-order valence-corrected chi connectivity index (χ2v) is 10.1. The molecule has 2 aromatic heterocycles. The molecule has 8 nitrogen and oxygen atoms in total. The fraction of sp³-hybridized carbons (Fsp3) is 0.481. The molecule has 1 aromatic carbocycles. The second-order valence-electron chi connectivity index (χ2n) is 10.1. The first kappa shape index (κ1) is 22.5. The van der Waals surface area contributed by atoms with E-state index < -0.39 is 0 Å². The highest BCUT2D eigenvalue weighted by atomic mass is 16.5. The predicted octanol–water partition coefficient (Wildman–Crippen LogP) is 2.92. The van der Waals surface area contributed by atoms with Gasteiger partial charge in [-0.3, -0.25) is 0 Å². The molecule has 3 aromatic rings. The number of ether oxygens (including phenoxy) is 1. The van der Waals surface area contributed by atoms with Crippen LogP contribution in [-0.2, 0) is 17.7 Å². The summed E-state index contributed by atoms with van der Waals surface area (Å²) in [6.07, 6.45) is 4.83. The summed E-state index contributed by atoms with van der Waals surface area (Å²) >= 11 is 0. The monoisotopic (exact) mass is 474 g/mol. The van der Waals surface area contributed by atoms with Gasteiger partial charge in [0.2, 0.25) is 0 Å². The number of carbonyl (C=O) groups is 1. The Bertz CT molecular complexity index is 1240. The predicted molar refractivity (Wildman–Crippen MR) is 136 cm³/mol. The lowest BCUT2D eigenvalue weighted by Crippen LogP contribution is -2.52. The number of morpholine rings is 1. The Morgan fingerprint density at radius 3 is 2.74 bits per heavy atom. The molecule has 3 aliphatic rings. The maximum atomic E-state index is 13.4. The maximum absolute atomic E-state index is 13.4. The molecule has 0 aliphatic carbocycles. The Balaban J connectivity index is 1.35. The number of fused-ring (bicyclic) bond motifs is 2. The first-order valence-electron chi connectivity index (χ1n) is 12.7. The van der Waals surface area contributed by atoms with Crippen molar-refractivity contribution in [2.75, 3.05) is 59.5 Å². The van der Waals surface area contributed by atoms with Gasteiger partial charge in [-0.05, 0) is 60.3 Å². The molecular formula is C27H34N6O2. The van der Waals surface area contributed by atoms with E-state index in [2.05, 4.69) is 52.4 Å². The zero-order valence-electron chi connectivity index (χ0n) is 20.6. The number of H-pyrrole nitrogens is 1. The lowest BCUT2D eigenvalue weighted by Gasteiger charge is -2.39. The molecule has 3 aliphatic heterocycles. The van der Waals surface area contributed by atoms with Crippen LogP contribution in [0.4, 0.5) is 4.79 Å². The van der Waals surface area contributed by atoms with Crippen molar-refractivity contribution in [3.63, 3.8) is 0 Å². The number of benzene rings is 1. The molecule has 0 radical (unpaired) electrons. The van der Waals surface area contributed by atoms with Crippen LogP contribution in [0.25, 0.3) is 22.2 Å². The number of nitrogens with one attached hydrogen (secondary N) is 2. The van der Waals surface area contributed by atoms with Gasteiger partial charge in [0.15, 0.2) is 0 Å². The first-order chi connectivity index (χ1) is 17.1. The van der Waals surface area contributed by atoms with Crippen molar-refractivity contribution in [2.45, 2.75) is 25.9 Å². The van der Waals surface area contributed by atoms with E-state index in [9.17, 15) is 4.79 Å². The topological polar surface area (TPSA) is 76.7 Å². The number of amides is 2. The van der Waals surface area contributed by atoms with Gasteiger partial charge < -0.3 is 29.7 Å². The van der Waals surface area contributed by atoms with Crippen molar-refractivity contribution in [2.24, 2.45) is 0 Å². The Hall–Kier alpha value is -2.94. The van der Waals surface area contributed by atoms with E-state index in [1.165, 1.54) is 27.8 Å². The number of aryl methyl sites for hydroxylation is 1. The van der Waals surface area contributed by atoms with Crippen molar-refractivity contribution in [1.29, 1.82) is 0 Å². The third-order valence-electron chi connectivity index (χ3n) is 7.79. The second kappa shape index (κ2) is 9.26. The average Bonchev–Trinajstić information content (AvgIpc) is 3.28. The highest BCUT2D eigenvalue weighted by Crippen LogP contribution is 2.34. The van der Waals surface area contributed by atoms with E-state index >= 15 is 0 Å². The van der Waals surface area contributed by atoms with Gasteiger partial charge >= 0.3 is 6.03 Å². The molecule has 184 valence electrons. The maximum Gasteiger partial charge on any atom is 0.320 e. The van der Waals surface area contributed by atoms with Gasteiger partial charge in [0.05, 0.1) is 19.3 Å². The molecule has 2 saturated heterocycles. The molecular weight excluding hydrogens is 440 g/mol. The van der Waals surface area contributed by atoms with E-state index in [0.717, 1.165) is 68.9 Å². The van der Waals surface area contributed by atoms with Crippen LogP contribution in [0.5, 0.6) is 0 Å². The number of carbonyl (C=O) groups excluding carboxylic acids is 1. The van der Waals surface area contributed by atoms with Crippen LogP contribution in [0.2, 0.25) is 0 Å². The summed E-state index contributed by atoms with van der Waals surface area (Å²) in [5.41, 5.74) is 8.28. The molecule has 2 amide bonds. The van der Waals surface area contributed by atoms with Crippen LogP contribution in [0.1, 0.15) is 28.3 Å². The molecule has 35 heavy (non-hydrogen) atoms. The summed E-state index contributed by atoms with van der Waals surface area (Å²) in [6, 6.07) is 7.13. The number of hydrogen-bond acceptors (Lipinski definition) is 5. The van der Waals surface area contributed by atoms with Crippen LogP contribution in [0.3, 0.4) is 0 Å². The van der Waals surface area contributed by atoms with E-state index in [4.69, 9.17) is 4.74 Å². The normalized spacial score (nSPS) is 21.4. The number of urea groups is 1. The largest absolute Gasteiger partial charge is 0.378 e. The van der Waals surface area contributed by atoms with Crippen molar-refractivity contribution >= 4 is 17.1 Å². The number of nitrogens with zero attached hydrogens (tertiary/aromatic N) is 4. The Morgan fingerprint density at radius 2 is 1.94 bits per heavy atom. The van der Waals surface area contributed by atoms with Crippen LogP contribution in [-0.4, -0.2) is 90.2 Å². The van der Waals surface area contributed by atoms with Crippen molar-refractivity contribution in [1.82, 2.24) is 30.0 Å². The van der Waals surface area contributed by atoms with Gasteiger partial charge in [-0.15, -0.1) is 0 Å². The Labute approximate surface area is 206 Å². The highest BCUT2D eigenvalue weighted by Gasteiger charge is 2.30. The Kier molecular flexibility index (Phi) is 5.96. The van der Waals surface area contributed by atoms with Gasteiger partial charge in [0, 0.05) is 69.2 Å². The minimum atomic E-state index is 0.127. The van der Waals surface area contributed by atoms with Crippen LogP contribution in [0, 0.1) is 6.92 Å². The number of aromatic nitrogens is 2. The standard InChI is InChI=1S/C27H34N6O2/c1-18-14-29-26-22(18)13-21(15-30-26)20-11-19-3-5-33(27(34)32-8-6-31(2)7-9-32)16-24(19)23(12-20)25-17-35-10-4-28-25/h11-15,25,28H,3-10,16-17H2,1-2H3,(H,29,30). The quantitative estimate of drug-likeness (QED) is 0.597. The molecule has 0 bridgehead atoms. The number of piperazine rings is 1. The molecule has 0 saturated carbocycles. The fourth-order valence-electron chi connectivity index (χ4n) is 5.59. The van der Waals surface area contributed by atoms with Crippen molar-refractivity contribution in [3.05, 3.63) is 52.8 Å². The number of likely N-dealkylation sites (N-methyl/N-ethyl adjacent to an activating group) is 1. The molecule has 1 unspecified atom stereocenters. The number of rotatable bonds is 2. The first-order valence-corrected chi connectivity index (χ1v) is 12.7. The molecule has 2 fully saturated rings. The number of aromatic amines is 1. The molecule has 1 atom stereocenters. The van der Waals surface area contributed by atoms with Crippen LogP contribution in [0.15, 0.2) is 30.6 Å². The smallest absolute Gasteiger partial charge is 0.320 e. The fourth-order valence-corrected chi connectivity index (χ4v) is 5.59. The van der Waals surface area contributed by atoms with E-state index in [1.807, 2.05) is 22.2 Å². The van der Waals surface area contributed by atoms with Crippen molar-refractivity contribution in [3.8, 4) is 11.1 Å². The van der Waals surface area contributed by atoms with E-state index in [-0.39, 0.29) is 12.1 Å². The van der Waals surface area contributed by atoms with Gasteiger partial charge in [0.25, 0.3) is 0 Å². The third-order valence-corrected chi connectivity index (χ3v) is 7.79. The van der Waals surface area contributed by atoms with Crippen molar-refractivity contribution < 1.29 is 9.53 Å². The summed E-state index contributed by atoms with van der Waals surface area (Å²) in [7, 11) is 2.12. The third kappa shape index (κ3) is 4.30. The molecule has 8 heteroatoms. The zero-order valence-corrected chi connectivity index (χ0v) is 20.6. The lowest BCUT2D eigenvalue weighted by atomic mass is 9.87. The van der Waals surface area contributed by atoms with Gasteiger partial charge in [-0.25, -0.2) is 9.78 Å². The SMILES string of the molecule is Cc1c[nH]c2ncc(-c3cc4c(c(C5COCCN5)c3)CN(C(=O)N3CCN(C)CC3)CC4)cc12. The highest BCUT2D eigenvalue weighted by molar-refractivity contribution is 5.84. The Morgan fingerprint density at radius 1 is 1.09 bits per heavy atom. The summed E-state index contributed by atoms with van der Waals surface area (Å²) in [5, 5.41) is 4.80. The number of hydrogen-bond donors (Lipinski definition) is 2. The van der Waals surface area contributed by atoms with Gasteiger partial charge in [-0.1, -0.05) is 6.07 Å². The number of pyridine rings is 1. The molecule has 0 spiro atoms. The summed E-state index contributed by atoms with van der Waals surface area (Å²) < 4.78 is 5.84. The minimum absolute atomic E-state index is 0.127. The average molecular weight is 475 g/mol.